The molecule has 4 heteroatoms. The third-order valence-corrected chi connectivity index (χ3v) is 5.20. The summed E-state index contributed by atoms with van der Waals surface area (Å²) in [5.41, 5.74) is 3.05. The van der Waals surface area contributed by atoms with Gasteiger partial charge < -0.3 is 10.6 Å². The lowest BCUT2D eigenvalue weighted by molar-refractivity contribution is -0.130. The molecule has 26 heavy (non-hydrogen) atoms. The Bertz CT molecular complexity index is 773. The minimum atomic E-state index is -0.805. The number of aryl methyl sites for hydroxylation is 2. The van der Waals surface area contributed by atoms with Crippen LogP contribution in [0.5, 0.6) is 0 Å². The van der Waals surface area contributed by atoms with E-state index in [4.69, 9.17) is 0 Å². The van der Waals surface area contributed by atoms with Gasteiger partial charge in [-0.25, -0.2) is 0 Å². The Hall–Kier alpha value is -2.62. The number of carbonyl (C=O) groups is 2. The van der Waals surface area contributed by atoms with Gasteiger partial charge in [0.15, 0.2) is 0 Å². The molecule has 1 fully saturated rings. The van der Waals surface area contributed by atoms with Gasteiger partial charge >= 0.3 is 0 Å². The molecular weight excluding hydrogens is 324 g/mol. The second-order valence-corrected chi connectivity index (χ2v) is 7.22. The lowest BCUT2D eigenvalue weighted by Crippen LogP contribution is -2.55. The maximum atomic E-state index is 13.1. The van der Waals surface area contributed by atoms with E-state index in [2.05, 4.69) is 10.6 Å². The Morgan fingerprint density at radius 3 is 2.15 bits per heavy atom. The fourth-order valence-corrected chi connectivity index (χ4v) is 3.72. The van der Waals surface area contributed by atoms with Crippen LogP contribution in [-0.2, 0) is 16.0 Å². The first-order chi connectivity index (χ1) is 12.5. The topological polar surface area (TPSA) is 58.2 Å². The molecule has 0 aromatic heterocycles. The normalized spacial score (nSPS) is 15.5. The molecule has 2 aromatic rings. The summed E-state index contributed by atoms with van der Waals surface area (Å²) >= 11 is 0. The van der Waals surface area contributed by atoms with Crippen molar-refractivity contribution in [1.82, 2.24) is 5.32 Å². The van der Waals surface area contributed by atoms with E-state index in [1.165, 1.54) is 0 Å². The van der Waals surface area contributed by atoms with Crippen molar-refractivity contribution in [3.05, 3.63) is 65.2 Å². The van der Waals surface area contributed by atoms with E-state index in [1.807, 2.05) is 62.4 Å². The van der Waals surface area contributed by atoms with Crippen molar-refractivity contribution in [2.75, 3.05) is 5.32 Å². The lowest BCUT2D eigenvalue weighted by Gasteiger charge is -2.29. The van der Waals surface area contributed by atoms with E-state index < -0.39 is 5.54 Å². The minimum absolute atomic E-state index is 0.102. The highest BCUT2D eigenvalue weighted by Gasteiger charge is 2.42. The van der Waals surface area contributed by atoms with Crippen molar-refractivity contribution in [3.8, 4) is 0 Å². The van der Waals surface area contributed by atoms with Gasteiger partial charge in [-0.2, -0.15) is 0 Å². The van der Waals surface area contributed by atoms with Gasteiger partial charge in [-0.3, -0.25) is 9.59 Å². The molecule has 2 amide bonds. The molecule has 2 N–H and O–H groups in total. The molecule has 1 aliphatic carbocycles. The second kappa shape index (κ2) is 7.73. The average Bonchev–Trinajstić information content (AvgIpc) is 3.08. The Labute approximate surface area is 155 Å². The summed E-state index contributed by atoms with van der Waals surface area (Å²) in [7, 11) is 0. The maximum Gasteiger partial charge on any atom is 0.250 e. The van der Waals surface area contributed by atoms with Crippen LogP contribution in [0.15, 0.2) is 48.5 Å². The zero-order chi connectivity index (χ0) is 18.6. The molecule has 2 aromatic carbocycles. The van der Waals surface area contributed by atoms with Crippen LogP contribution in [0.4, 0.5) is 5.69 Å². The van der Waals surface area contributed by atoms with Gasteiger partial charge in [0.05, 0.1) is 6.42 Å². The minimum Gasteiger partial charge on any atom is -0.341 e. The molecule has 4 nitrogen and oxygen atoms in total. The molecular formula is C22H26N2O2. The van der Waals surface area contributed by atoms with Gasteiger partial charge in [-0.15, -0.1) is 0 Å². The average molecular weight is 350 g/mol. The van der Waals surface area contributed by atoms with Gasteiger partial charge in [-0.1, -0.05) is 61.4 Å². The predicted molar refractivity (Wildman–Crippen MR) is 104 cm³/mol. The molecule has 0 heterocycles. The molecule has 0 radical (unpaired) electrons. The third kappa shape index (κ3) is 3.96. The molecule has 0 unspecified atom stereocenters. The zero-order valence-corrected chi connectivity index (χ0v) is 15.5. The summed E-state index contributed by atoms with van der Waals surface area (Å²) < 4.78 is 0. The van der Waals surface area contributed by atoms with Gasteiger partial charge in [0.25, 0.3) is 0 Å². The summed E-state index contributed by atoms with van der Waals surface area (Å²) in [5.74, 6) is -0.205. The van der Waals surface area contributed by atoms with Gasteiger partial charge in [0.2, 0.25) is 11.8 Å². The summed E-state index contributed by atoms with van der Waals surface area (Å²) in [5, 5.41) is 6.13. The number of benzene rings is 2. The Morgan fingerprint density at radius 2 is 1.54 bits per heavy atom. The van der Waals surface area contributed by atoms with E-state index >= 15 is 0 Å². The first kappa shape index (κ1) is 18.2. The molecule has 0 aliphatic heterocycles. The molecule has 0 bridgehead atoms. The highest BCUT2D eigenvalue weighted by Crippen LogP contribution is 2.32. The fraction of sp³-hybridized carbons (Fsp3) is 0.364. The fourth-order valence-electron chi connectivity index (χ4n) is 3.72. The van der Waals surface area contributed by atoms with Crippen LogP contribution in [0.1, 0.15) is 42.4 Å². The van der Waals surface area contributed by atoms with E-state index in [-0.39, 0.29) is 11.8 Å². The quantitative estimate of drug-likeness (QED) is 0.859. The van der Waals surface area contributed by atoms with Crippen LogP contribution in [0.25, 0.3) is 0 Å². The number of rotatable bonds is 5. The van der Waals surface area contributed by atoms with Crippen molar-refractivity contribution in [3.63, 3.8) is 0 Å². The number of carbonyl (C=O) groups excluding carboxylic acids is 2. The standard InChI is InChI=1S/C22H26N2O2/c1-16-9-8-10-17(2)20(16)23-21(26)22(13-6-7-14-22)24-19(25)15-18-11-4-3-5-12-18/h3-5,8-12H,6-7,13-15H2,1-2H3,(H,23,26)(H,24,25). The van der Waals surface area contributed by atoms with Crippen molar-refractivity contribution in [1.29, 1.82) is 0 Å². The largest absolute Gasteiger partial charge is 0.341 e. The van der Waals surface area contributed by atoms with Crippen molar-refractivity contribution >= 4 is 17.5 Å². The molecule has 0 spiro atoms. The maximum absolute atomic E-state index is 13.1. The Balaban J connectivity index is 1.75. The highest BCUT2D eigenvalue weighted by atomic mass is 16.2. The molecule has 0 saturated heterocycles. The van der Waals surface area contributed by atoms with Crippen LogP contribution in [0.2, 0.25) is 0 Å². The highest BCUT2D eigenvalue weighted by molar-refractivity contribution is 6.01. The Kier molecular flexibility index (Phi) is 5.40. The molecule has 3 rings (SSSR count). The van der Waals surface area contributed by atoms with E-state index in [1.54, 1.807) is 0 Å². The second-order valence-electron chi connectivity index (χ2n) is 7.22. The van der Waals surface area contributed by atoms with Crippen LogP contribution in [-0.4, -0.2) is 17.4 Å². The monoisotopic (exact) mass is 350 g/mol. The van der Waals surface area contributed by atoms with Crippen molar-refractivity contribution < 1.29 is 9.59 Å². The third-order valence-electron chi connectivity index (χ3n) is 5.20. The number of hydrogen-bond acceptors (Lipinski definition) is 2. The molecule has 0 atom stereocenters. The molecule has 136 valence electrons. The summed E-state index contributed by atoms with van der Waals surface area (Å²) in [6.45, 7) is 3.97. The SMILES string of the molecule is Cc1cccc(C)c1NC(=O)C1(NC(=O)Cc2ccccc2)CCCC1. The zero-order valence-electron chi connectivity index (χ0n) is 15.5. The lowest BCUT2D eigenvalue weighted by atomic mass is 9.94. The Morgan fingerprint density at radius 1 is 0.923 bits per heavy atom. The number of anilines is 1. The van der Waals surface area contributed by atoms with Crippen LogP contribution < -0.4 is 10.6 Å². The first-order valence-electron chi connectivity index (χ1n) is 9.23. The molecule has 1 saturated carbocycles. The number of nitrogens with one attached hydrogen (secondary N) is 2. The van der Waals surface area contributed by atoms with E-state index in [9.17, 15) is 9.59 Å². The van der Waals surface area contributed by atoms with Crippen LogP contribution in [0, 0.1) is 13.8 Å². The van der Waals surface area contributed by atoms with Gasteiger partial charge in [0.1, 0.15) is 5.54 Å². The summed E-state index contributed by atoms with van der Waals surface area (Å²) in [4.78, 5) is 25.7. The predicted octanol–water partition coefficient (Wildman–Crippen LogP) is 3.91. The first-order valence-corrected chi connectivity index (χ1v) is 9.23. The summed E-state index contributed by atoms with van der Waals surface area (Å²) in [6, 6.07) is 15.6. The van der Waals surface area contributed by atoms with E-state index in [0.29, 0.717) is 19.3 Å². The number of para-hydroxylation sites is 1. The van der Waals surface area contributed by atoms with Crippen molar-refractivity contribution in [2.45, 2.75) is 51.5 Å². The van der Waals surface area contributed by atoms with Crippen molar-refractivity contribution in [2.24, 2.45) is 0 Å². The van der Waals surface area contributed by atoms with Crippen LogP contribution in [0.3, 0.4) is 0 Å². The number of amides is 2. The number of hydrogen-bond donors (Lipinski definition) is 2. The summed E-state index contributed by atoms with van der Waals surface area (Å²) in [6.07, 6.45) is 3.56. The smallest absolute Gasteiger partial charge is 0.250 e. The van der Waals surface area contributed by atoms with E-state index in [0.717, 1.165) is 35.2 Å². The molecule has 1 aliphatic rings. The van der Waals surface area contributed by atoms with Gasteiger partial charge in [-0.05, 0) is 43.4 Å². The van der Waals surface area contributed by atoms with Gasteiger partial charge in [0, 0.05) is 5.69 Å². The van der Waals surface area contributed by atoms with Crippen LogP contribution >= 0.6 is 0 Å².